The number of aliphatic carboxylic acids is 1. The Morgan fingerprint density at radius 2 is 2.29 bits per heavy atom. The summed E-state index contributed by atoms with van der Waals surface area (Å²) in [5.74, 6) is 1.61. The second kappa shape index (κ2) is 4.09. The number of hydrogen-bond donors (Lipinski definition) is 1. The van der Waals surface area contributed by atoms with E-state index in [-0.39, 0.29) is 6.42 Å². The Morgan fingerprint density at radius 3 is 2.88 bits per heavy atom. The van der Waals surface area contributed by atoms with Gasteiger partial charge in [-0.15, -0.1) is 11.3 Å². The van der Waals surface area contributed by atoms with Crippen molar-refractivity contribution in [1.82, 2.24) is 4.98 Å². The molecule has 2 aliphatic rings. The SMILES string of the molecule is Cc1nc(C2CC3CCC2C3)sc1CC(=O)O. The molecule has 92 valence electrons. The van der Waals surface area contributed by atoms with Gasteiger partial charge in [0.15, 0.2) is 0 Å². The standard InChI is InChI=1S/C13H17NO2S/c1-7-11(6-12(15)16)17-13(14-7)10-5-8-2-3-9(10)4-8/h8-10H,2-6H2,1H3,(H,15,16). The second-order valence-electron chi connectivity index (χ2n) is 5.41. The molecule has 1 aromatic rings. The highest BCUT2D eigenvalue weighted by Gasteiger charge is 2.41. The van der Waals surface area contributed by atoms with E-state index in [4.69, 9.17) is 5.11 Å². The second-order valence-corrected chi connectivity index (χ2v) is 6.53. The molecule has 2 aliphatic carbocycles. The van der Waals surface area contributed by atoms with Gasteiger partial charge in [-0.3, -0.25) is 4.79 Å². The molecule has 0 aliphatic heterocycles. The zero-order chi connectivity index (χ0) is 12.0. The summed E-state index contributed by atoms with van der Waals surface area (Å²) in [4.78, 5) is 16.3. The van der Waals surface area contributed by atoms with Crippen molar-refractivity contribution in [2.45, 2.75) is 44.9 Å². The average molecular weight is 251 g/mol. The van der Waals surface area contributed by atoms with Crippen LogP contribution in [0.4, 0.5) is 0 Å². The molecule has 0 aromatic carbocycles. The lowest BCUT2D eigenvalue weighted by molar-refractivity contribution is -0.136. The first kappa shape index (κ1) is 11.2. The predicted octanol–water partition coefficient (Wildman–Crippen LogP) is 2.98. The summed E-state index contributed by atoms with van der Waals surface area (Å²) in [6.07, 6.45) is 5.53. The molecule has 1 N–H and O–H groups in total. The van der Waals surface area contributed by atoms with Crippen LogP contribution in [0.5, 0.6) is 0 Å². The lowest BCUT2D eigenvalue weighted by Gasteiger charge is -2.18. The van der Waals surface area contributed by atoms with Gasteiger partial charge in [0.2, 0.25) is 0 Å². The maximum absolute atomic E-state index is 10.8. The molecule has 1 aromatic heterocycles. The lowest BCUT2D eigenvalue weighted by atomic mass is 9.89. The van der Waals surface area contributed by atoms with Gasteiger partial charge in [0.05, 0.1) is 17.1 Å². The summed E-state index contributed by atoms with van der Waals surface area (Å²) in [6.45, 7) is 1.94. The van der Waals surface area contributed by atoms with E-state index in [0.29, 0.717) is 5.92 Å². The molecule has 17 heavy (non-hydrogen) atoms. The molecule has 0 radical (unpaired) electrons. The highest BCUT2D eigenvalue weighted by molar-refractivity contribution is 7.12. The van der Waals surface area contributed by atoms with Gasteiger partial charge < -0.3 is 5.11 Å². The van der Waals surface area contributed by atoms with Gasteiger partial charge in [0, 0.05) is 10.8 Å². The van der Waals surface area contributed by atoms with Gasteiger partial charge in [-0.25, -0.2) is 4.98 Å². The van der Waals surface area contributed by atoms with E-state index >= 15 is 0 Å². The summed E-state index contributed by atoms with van der Waals surface area (Å²) >= 11 is 1.63. The minimum atomic E-state index is -0.753. The topological polar surface area (TPSA) is 50.2 Å². The summed E-state index contributed by atoms with van der Waals surface area (Å²) < 4.78 is 0. The molecule has 1 heterocycles. The Labute approximate surface area is 105 Å². The number of aromatic nitrogens is 1. The van der Waals surface area contributed by atoms with E-state index < -0.39 is 5.97 Å². The first-order valence-corrected chi connectivity index (χ1v) is 7.13. The lowest BCUT2D eigenvalue weighted by Crippen LogP contribution is -2.07. The van der Waals surface area contributed by atoms with Gasteiger partial charge in [-0.1, -0.05) is 6.42 Å². The van der Waals surface area contributed by atoms with Crippen LogP contribution in [0.3, 0.4) is 0 Å². The largest absolute Gasteiger partial charge is 0.481 e. The number of carbonyl (C=O) groups is 1. The maximum atomic E-state index is 10.8. The summed E-state index contributed by atoms with van der Waals surface area (Å²) in [7, 11) is 0. The van der Waals surface area contributed by atoms with Gasteiger partial charge in [-0.05, 0) is 38.0 Å². The van der Waals surface area contributed by atoms with Crippen molar-refractivity contribution >= 4 is 17.3 Å². The third kappa shape index (κ3) is 1.99. The van der Waals surface area contributed by atoms with Crippen LogP contribution in [-0.2, 0) is 11.2 Å². The molecule has 3 atom stereocenters. The average Bonchev–Trinajstić information content (AvgIpc) is 2.93. The van der Waals surface area contributed by atoms with E-state index in [9.17, 15) is 4.79 Å². The van der Waals surface area contributed by atoms with E-state index in [2.05, 4.69) is 4.98 Å². The predicted molar refractivity (Wildman–Crippen MR) is 66.4 cm³/mol. The smallest absolute Gasteiger partial charge is 0.308 e. The van der Waals surface area contributed by atoms with Crippen LogP contribution in [0.25, 0.3) is 0 Å². The van der Waals surface area contributed by atoms with Gasteiger partial charge >= 0.3 is 5.97 Å². The Bertz CT molecular complexity index is 454. The number of carboxylic acids is 1. The maximum Gasteiger partial charge on any atom is 0.308 e. The summed E-state index contributed by atoms with van der Waals surface area (Å²) in [5.41, 5.74) is 0.926. The third-order valence-corrected chi connectivity index (χ3v) is 5.57. The zero-order valence-electron chi connectivity index (χ0n) is 9.98. The number of hydrogen-bond acceptors (Lipinski definition) is 3. The molecular weight excluding hydrogens is 234 g/mol. The molecule has 0 spiro atoms. The first-order valence-electron chi connectivity index (χ1n) is 6.31. The van der Waals surface area contributed by atoms with Gasteiger partial charge in [0.25, 0.3) is 0 Å². The van der Waals surface area contributed by atoms with Crippen molar-refractivity contribution in [2.75, 3.05) is 0 Å². The number of fused-ring (bicyclic) bond motifs is 2. The number of nitrogens with zero attached hydrogens (tertiary/aromatic N) is 1. The van der Waals surface area contributed by atoms with Gasteiger partial charge in [0.1, 0.15) is 0 Å². The monoisotopic (exact) mass is 251 g/mol. The zero-order valence-corrected chi connectivity index (χ0v) is 10.8. The summed E-state index contributed by atoms with van der Waals surface area (Å²) in [5, 5.41) is 10.1. The van der Waals surface area contributed by atoms with Crippen LogP contribution in [0.1, 0.15) is 47.2 Å². The Hall–Kier alpha value is -0.900. The number of thiazole rings is 1. The van der Waals surface area contributed by atoms with E-state index in [1.165, 1.54) is 30.7 Å². The fraction of sp³-hybridized carbons (Fsp3) is 0.692. The Morgan fingerprint density at radius 1 is 1.47 bits per heavy atom. The Kier molecular flexibility index (Phi) is 2.69. The first-order chi connectivity index (χ1) is 8.13. The van der Waals surface area contributed by atoms with Crippen LogP contribution in [-0.4, -0.2) is 16.1 Å². The number of carboxylic acid groups (broad SMARTS) is 1. The normalized spacial score (nSPS) is 31.0. The van der Waals surface area contributed by atoms with Crippen molar-refractivity contribution in [2.24, 2.45) is 11.8 Å². The Balaban J connectivity index is 1.82. The van der Waals surface area contributed by atoms with Crippen LogP contribution in [0, 0.1) is 18.8 Å². The van der Waals surface area contributed by atoms with Crippen LogP contribution >= 0.6 is 11.3 Å². The highest BCUT2D eigenvalue weighted by Crippen LogP contribution is 2.53. The van der Waals surface area contributed by atoms with E-state index in [1.54, 1.807) is 11.3 Å². The summed E-state index contributed by atoms with van der Waals surface area (Å²) in [6, 6.07) is 0. The molecule has 0 amide bonds. The van der Waals surface area contributed by atoms with Crippen molar-refractivity contribution < 1.29 is 9.90 Å². The minimum absolute atomic E-state index is 0.129. The molecule has 2 saturated carbocycles. The van der Waals surface area contributed by atoms with E-state index in [0.717, 1.165) is 22.4 Å². The van der Waals surface area contributed by atoms with Crippen LogP contribution in [0.15, 0.2) is 0 Å². The fourth-order valence-electron chi connectivity index (χ4n) is 3.46. The molecular formula is C13H17NO2S. The van der Waals surface area contributed by atoms with Crippen LogP contribution in [0.2, 0.25) is 0 Å². The third-order valence-electron chi connectivity index (χ3n) is 4.28. The quantitative estimate of drug-likeness (QED) is 0.898. The van der Waals surface area contributed by atoms with Gasteiger partial charge in [-0.2, -0.15) is 0 Å². The fourth-order valence-corrected chi connectivity index (χ4v) is 4.72. The van der Waals surface area contributed by atoms with Crippen molar-refractivity contribution in [3.63, 3.8) is 0 Å². The van der Waals surface area contributed by atoms with Crippen LogP contribution < -0.4 is 0 Å². The molecule has 4 heteroatoms. The van der Waals surface area contributed by atoms with Crippen molar-refractivity contribution in [3.05, 3.63) is 15.6 Å². The number of aryl methyl sites for hydroxylation is 1. The number of rotatable bonds is 3. The molecule has 2 bridgehead atoms. The molecule has 3 rings (SSSR count). The molecule has 3 unspecified atom stereocenters. The van der Waals surface area contributed by atoms with E-state index in [1.807, 2.05) is 6.92 Å². The minimum Gasteiger partial charge on any atom is -0.481 e. The molecule has 3 nitrogen and oxygen atoms in total. The van der Waals surface area contributed by atoms with Crippen molar-refractivity contribution in [1.29, 1.82) is 0 Å². The molecule has 0 saturated heterocycles. The highest BCUT2D eigenvalue weighted by atomic mass is 32.1. The van der Waals surface area contributed by atoms with Crippen molar-refractivity contribution in [3.8, 4) is 0 Å². The molecule has 2 fully saturated rings.